The third-order valence-corrected chi connectivity index (χ3v) is 4.21. The Morgan fingerprint density at radius 3 is 2.65 bits per heavy atom. The predicted octanol–water partition coefficient (Wildman–Crippen LogP) is 2.16. The Hall–Kier alpha value is -3.10. The fraction of sp³-hybridized carbons (Fsp3) is 0.238. The van der Waals surface area contributed by atoms with Gasteiger partial charge in [0.05, 0.1) is 18.3 Å². The van der Waals surface area contributed by atoms with Crippen LogP contribution in [0.2, 0.25) is 0 Å². The highest BCUT2D eigenvalue weighted by Gasteiger charge is 2.22. The minimum atomic E-state index is -0.265. The number of likely N-dealkylation sites (N-methyl/N-ethyl adjacent to an activating group) is 1. The zero-order chi connectivity index (χ0) is 18.9. The second-order valence-electron chi connectivity index (χ2n) is 6.14. The highest BCUT2D eigenvalue weighted by atomic mass is 16.5. The molecule has 0 spiro atoms. The second kappa shape index (κ2) is 9.40. The molecule has 0 fully saturated rings. The maximum atomic E-state index is 12.5. The summed E-state index contributed by atoms with van der Waals surface area (Å²) in [4.78, 5) is 13.6. The van der Waals surface area contributed by atoms with E-state index in [-0.39, 0.29) is 11.9 Å². The lowest BCUT2D eigenvalue weighted by Crippen LogP contribution is -3.12. The molecular formula is C21H24N3O2+. The van der Waals surface area contributed by atoms with Crippen LogP contribution in [-0.2, 0) is 11.3 Å². The molecule has 0 bridgehead atoms. The summed E-state index contributed by atoms with van der Waals surface area (Å²) in [6.45, 7) is 6.68. The van der Waals surface area contributed by atoms with Crippen LogP contribution in [0.15, 0.2) is 61.2 Å². The van der Waals surface area contributed by atoms with Crippen molar-refractivity contribution in [3.63, 3.8) is 0 Å². The Morgan fingerprint density at radius 1 is 1.31 bits per heavy atom. The van der Waals surface area contributed by atoms with E-state index in [4.69, 9.17) is 10.00 Å². The van der Waals surface area contributed by atoms with E-state index in [9.17, 15) is 4.79 Å². The molecule has 2 rings (SSSR count). The quantitative estimate of drug-likeness (QED) is 0.717. The Balaban J connectivity index is 1.95. The predicted molar refractivity (Wildman–Crippen MR) is 102 cm³/mol. The molecule has 0 radical (unpaired) electrons. The molecule has 26 heavy (non-hydrogen) atoms. The molecule has 1 amide bonds. The molecule has 5 heteroatoms. The molecule has 1 unspecified atom stereocenters. The van der Waals surface area contributed by atoms with Gasteiger partial charge in [-0.3, -0.25) is 4.79 Å². The fourth-order valence-corrected chi connectivity index (χ4v) is 2.49. The largest absolute Gasteiger partial charge is 0.490 e. The summed E-state index contributed by atoms with van der Waals surface area (Å²) in [5.74, 6) is 0.682. The zero-order valence-electron chi connectivity index (χ0n) is 15.2. The average Bonchev–Trinajstić information content (AvgIpc) is 2.67. The van der Waals surface area contributed by atoms with Gasteiger partial charge in [0.15, 0.2) is 6.04 Å². The number of carbonyl (C=O) groups is 1. The van der Waals surface area contributed by atoms with Gasteiger partial charge in [-0.15, -0.1) is 0 Å². The monoisotopic (exact) mass is 350 g/mol. The van der Waals surface area contributed by atoms with Crippen molar-refractivity contribution in [2.75, 3.05) is 19.0 Å². The molecule has 2 aromatic carbocycles. The summed E-state index contributed by atoms with van der Waals surface area (Å²) in [7, 11) is 1.97. The maximum absolute atomic E-state index is 12.5. The van der Waals surface area contributed by atoms with Gasteiger partial charge >= 0.3 is 0 Å². The third-order valence-electron chi connectivity index (χ3n) is 4.21. The number of rotatable bonds is 8. The molecule has 2 N–H and O–H groups in total. The lowest BCUT2D eigenvalue weighted by molar-refractivity contribution is -0.907. The van der Waals surface area contributed by atoms with Crippen molar-refractivity contribution in [1.29, 1.82) is 5.26 Å². The van der Waals surface area contributed by atoms with Gasteiger partial charge in [0.2, 0.25) is 0 Å². The van der Waals surface area contributed by atoms with Crippen LogP contribution in [0.25, 0.3) is 0 Å². The van der Waals surface area contributed by atoms with Crippen molar-refractivity contribution in [3.05, 3.63) is 72.3 Å². The number of ether oxygens (including phenoxy) is 1. The molecule has 0 aliphatic heterocycles. The van der Waals surface area contributed by atoms with E-state index >= 15 is 0 Å². The number of amides is 1. The molecule has 0 aliphatic rings. The standard InChI is InChI=1S/C21H23N3O2/c1-4-13-26-19-11-9-17(10-12-19)15-24(3)16(2)21(25)23-20-8-6-5-7-18(20)14-22/h4-12,16H,1,13,15H2,2-3H3,(H,23,25)/p+1/t16-/m1/s1. The lowest BCUT2D eigenvalue weighted by Gasteiger charge is -2.21. The first-order valence-electron chi connectivity index (χ1n) is 8.50. The highest BCUT2D eigenvalue weighted by molar-refractivity contribution is 5.94. The number of para-hydroxylation sites is 1. The van der Waals surface area contributed by atoms with Gasteiger partial charge < -0.3 is 15.0 Å². The van der Waals surface area contributed by atoms with Crippen molar-refractivity contribution in [2.45, 2.75) is 19.5 Å². The van der Waals surface area contributed by atoms with E-state index in [1.165, 1.54) is 0 Å². The average molecular weight is 350 g/mol. The van der Waals surface area contributed by atoms with Crippen molar-refractivity contribution in [3.8, 4) is 11.8 Å². The number of quaternary nitrogens is 1. The first-order chi connectivity index (χ1) is 12.5. The Bertz CT molecular complexity index is 794. The highest BCUT2D eigenvalue weighted by Crippen LogP contribution is 2.14. The van der Waals surface area contributed by atoms with Crippen molar-refractivity contribution in [2.24, 2.45) is 0 Å². The first-order valence-corrected chi connectivity index (χ1v) is 8.50. The molecule has 2 atom stereocenters. The summed E-state index contributed by atoms with van der Waals surface area (Å²) in [5, 5.41) is 12.0. The SMILES string of the molecule is C=CCOc1ccc(C[NH+](C)[C@H](C)C(=O)Nc2ccccc2C#N)cc1. The number of hydrogen-bond donors (Lipinski definition) is 2. The third kappa shape index (κ3) is 5.20. The van der Waals surface area contributed by atoms with Crippen LogP contribution in [0.5, 0.6) is 5.75 Å². The molecule has 0 saturated heterocycles. The Labute approximate surface area is 154 Å². The van der Waals surface area contributed by atoms with Gasteiger partial charge in [-0.2, -0.15) is 5.26 Å². The van der Waals surface area contributed by atoms with E-state index in [1.807, 2.05) is 38.2 Å². The number of carbonyl (C=O) groups excluding carboxylic acids is 1. The van der Waals surface area contributed by atoms with Gasteiger partial charge in [-0.05, 0) is 43.3 Å². The van der Waals surface area contributed by atoms with E-state index in [0.717, 1.165) is 16.2 Å². The first kappa shape index (κ1) is 19.2. The van der Waals surface area contributed by atoms with E-state index in [0.29, 0.717) is 24.4 Å². The number of nitrogens with one attached hydrogen (secondary N) is 2. The van der Waals surface area contributed by atoms with E-state index in [1.54, 1.807) is 30.3 Å². The number of nitriles is 1. The van der Waals surface area contributed by atoms with Gasteiger partial charge in [0.1, 0.15) is 25.0 Å². The fourth-order valence-electron chi connectivity index (χ4n) is 2.49. The molecule has 0 aliphatic carbocycles. The zero-order valence-corrected chi connectivity index (χ0v) is 15.2. The summed E-state index contributed by atoms with van der Waals surface area (Å²) in [5.41, 5.74) is 2.12. The molecule has 0 heterocycles. The number of hydrogen-bond acceptors (Lipinski definition) is 3. The molecule has 0 saturated carbocycles. The summed E-state index contributed by atoms with van der Waals surface area (Å²) < 4.78 is 5.47. The number of anilines is 1. The van der Waals surface area contributed by atoms with Crippen molar-refractivity contribution >= 4 is 11.6 Å². The van der Waals surface area contributed by atoms with Gasteiger partial charge in [-0.25, -0.2) is 0 Å². The Morgan fingerprint density at radius 2 is 2.00 bits per heavy atom. The minimum absolute atomic E-state index is 0.115. The second-order valence-corrected chi connectivity index (χ2v) is 6.14. The van der Waals surface area contributed by atoms with Crippen LogP contribution in [0.1, 0.15) is 18.1 Å². The van der Waals surface area contributed by atoms with Crippen LogP contribution in [0.4, 0.5) is 5.69 Å². The lowest BCUT2D eigenvalue weighted by atomic mass is 10.1. The van der Waals surface area contributed by atoms with Gasteiger partial charge in [-0.1, -0.05) is 24.8 Å². The minimum Gasteiger partial charge on any atom is -0.490 e. The summed E-state index contributed by atoms with van der Waals surface area (Å²) in [6, 6.07) is 16.7. The summed E-state index contributed by atoms with van der Waals surface area (Å²) >= 11 is 0. The molecule has 2 aromatic rings. The van der Waals surface area contributed by atoms with Crippen LogP contribution in [0.3, 0.4) is 0 Å². The molecule has 0 aromatic heterocycles. The van der Waals surface area contributed by atoms with Crippen LogP contribution in [0, 0.1) is 11.3 Å². The van der Waals surface area contributed by atoms with Crippen molar-refractivity contribution in [1.82, 2.24) is 0 Å². The van der Waals surface area contributed by atoms with E-state index < -0.39 is 0 Å². The maximum Gasteiger partial charge on any atom is 0.282 e. The van der Waals surface area contributed by atoms with Gasteiger partial charge in [0.25, 0.3) is 5.91 Å². The van der Waals surface area contributed by atoms with Crippen LogP contribution in [-0.4, -0.2) is 25.6 Å². The van der Waals surface area contributed by atoms with Gasteiger partial charge in [0, 0.05) is 5.56 Å². The number of nitrogens with zero attached hydrogens (tertiary/aromatic N) is 1. The smallest absolute Gasteiger partial charge is 0.282 e. The van der Waals surface area contributed by atoms with Crippen molar-refractivity contribution < 1.29 is 14.4 Å². The van der Waals surface area contributed by atoms with E-state index in [2.05, 4.69) is 18.0 Å². The molecule has 134 valence electrons. The molecule has 5 nitrogen and oxygen atoms in total. The molecular weight excluding hydrogens is 326 g/mol. The Kier molecular flexibility index (Phi) is 6.95. The normalized spacial score (nSPS) is 12.5. The summed E-state index contributed by atoms with van der Waals surface area (Å²) in [6.07, 6.45) is 1.70. The van der Waals surface area contributed by atoms with Crippen LogP contribution >= 0.6 is 0 Å². The van der Waals surface area contributed by atoms with Crippen LogP contribution < -0.4 is 15.0 Å². The number of benzene rings is 2. The topological polar surface area (TPSA) is 66.6 Å².